The van der Waals surface area contributed by atoms with Gasteiger partial charge in [-0.1, -0.05) is 6.42 Å². The van der Waals surface area contributed by atoms with E-state index in [1.54, 1.807) is 0 Å². The number of amides is 3. The van der Waals surface area contributed by atoms with Gasteiger partial charge in [-0.25, -0.2) is 4.79 Å². The molecule has 1 heterocycles. The van der Waals surface area contributed by atoms with Gasteiger partial charge in [-0.2, -0.15) is 0 Å². The maximum atomic E-state index is 13.7. The highest BCUT2D eigenvalue weighted by Gasteiger charge is 2.54. The quantitative estimate of drug-likeness (QED) is 0.371. The van der Waals surface area contributed by atoms with E-state index in [-0.39, 0.29) is 42.0 Å². The molecule has 218 valence electrons. The molecule has 1 saturated carbocycles. The van der Waals surface area contributed by atoms with Crippen LogP contribution in [0.4, 0.5) is 4.79 Å². The number of hydrogen-bond acceptors (Lipinski definition) is 6. The van der Waals surface area contributed by atoms with Gasteiger partial charge in [0.15, 0.2) is 0 Å². The van der Waals surface area contributed by atoms with Crippen LogP contribution < -0.4 is 16.0 Å². The summed E-state index contributed by atoms with van der Waals surface area (Å²) in [7, 11) is -0.297. The fourth-order valence-corrected chi connectivity index (χ4v) is 5.45. The second-order valence-corrected chi connectivity index (χ2v) is 14.2. The minimum absolute atomic E-state index is 0.0531. The van der Waals surface area contributed by atoms with Crippen LogP contribution in [0.5, 0.6) is 0 Å². The molecule has 0 aromatic carbocycles. The Bertz CT molecular complexity index is 848. The molecule has 1 unspecified atom stereocenters. The van der Waals surface area contributed by atoms with E-state index in [1.165, 1.54) is 6.92 Å². The summed E-state index contributed by atoms with van der Waals surface area (Å²) in [6.07, 6.45) is 3.80. The van der Waals surface area contributed by atoms with Gasteiger partial charge in [0.2, 0.25) is 11.8 Å². The van der Waals surface area contributed by atoms with Gasteiger partial charge in [0, 0.05) is 19.0 Å². The van der Waals surface area contributed by atoms with Crippen LogP contribution in [0.15, 0.2) is 0 Å². The maximum absolute atomic E-state index is 13.7. The van der Waals surface area contributed by atoms with Crippen LogP contribution >= 0.6 is 0 Å². The zero-order valence-corrected chi connectivity index (χ0v) is 25.6. The molecular weight excluding hydrogens is 485 g/mol. The molecule has 1 aliphatic heterocycles. The highest BCUT2D eigenvalue weighted by Crippen LogP contribution is 2.45. The Balaban J connectivity index is 2.14. The van der Waals surface area contributed by atoms with Gasteiger partial charge in [-0.15, -0.1) is 0 Å². The van der Waals surface area contributed by atoms with Gasteiger partial charge in [0.05, 0.1) is 11.2 Å². The number of alkyl carbamates (subject to hydrolysis) is 1. The summed E-state index contributed by atoms with van der Waals surface area (Å²) in [5.74, 6) is -0.270. The van der Waals surface area contributed by atoms with Crippen LogP contribution in [0.25, 0.3) is 0 Å². The largest absolute Gasteiger partial charge is 0.457 e. The molecule has 0 bridgehead atoms. The summed E-state index contributed by atoms with van der Waals surface area (Å²) < 4.78 is 17.7. The normalized spacial score (nSPS) is 26.7. The number of carbonyl (C=O) groups is 3. The van der Waals surface area contributed by atoms with Crippen molar-refractivity contribution >= 4 is 25.0 Å². The smallest absolute Gasteiger partial charge is 0.444 e. The van der Waals surface area contributed by atoms with Gasteiger partial charge in [-0.3, -0.25) is 9.59 Å². The third kappa shape index (κ3) is 8.86. The van der Waals surface area contributed by atoms with Crippen molar-refractivity contribution in [1.82, 2.24) is 16.0 Å². The first-order chi connectivity index (χ1) is 17.2. The first-order valence-electron chi connectivity index (χ1n) is 14.1. The molecule has 2 aliphatic rings. The van der Waals surface area contributed by atoms with Gasteiger partial charge >= 0.3 is 13.2 Å². The lowest BCUT2D eigenvalue weighted by Gasteiger charge is -2.37. The number of hydrogen-bond donors (Lipinski definition) is 3. The molecule has 0 spiro atoms. The summed E-state index contributed by atoms with van der Waals surface area (Å²) in [4.78, 5) is 38.2. The van der Waals surface area contributed by atoms with Crippen molar-refractivity contribution in [3.05, 3.63) is 0 Å². The average molecular weight is 538 g/mol. The third-order valence-electron chi connectivity index (χ3n) is 7.73. The van der Waals surface area contributed by atoms with Crippen LogP contribution in [0.3, 0.4) is 0 Å². The number of nitrogens with one attached hydrogen (secondary N) is 3. The van der Waals surface area contributed by atoms with Crippen molar-refractivity contribution in [2.75, 3.05) is 6.54 Å². The van der Waals surface area contributed by atoms with E-state index < -0.39 is 22.8 Å². The van der Waals surface area contributed by atoms with E-state index in [2.05, 4.69) is 16.0 Å². The fraction of sp³-hybridized carbons (Fsp3) is 0.893. The Morgan fingerprint density at radius 1 is 0.974 bits per heavy atom. The maximum Gasteiger partial charge on any atom is 0.457 e. The monoisotopic (exact) mass is 537 g/mol. The van der Waals surface area contributed by atoms with Gasteiger partial charge in [-0.05, 0) is 113 Å². The second kappa shape index (κ2) is 11.7. The van der Waals surface area contributed by atoms with Gasteiger partial charge < -0.3 is 30.0 Å². The van der Waals surface area contributed by atoms with Crippen molar-refractivity contribution in [2.24, 2.45) is 11.8 Å². The number of ether oxygens (including phenoxy) is 1. The van der Waals surface area contributed by atoms with Crippen molar-refractivity contribution in [2.45, 2.75) is 142 Å². The molecule has 1 saturated heterocycles. The van der Waals surface area contributed by atoms with Crippen molar-refractivity contribution in [3.8, 4) is 0 Å². The Kier molecular flexibility index (Phi) is 10.0. The molecule has 0 aromatic rings. The van der Waals surface area contributed by atoms with Gasteiger partial charge in [0.25, 0.3) is 0 Å². The molecule has 0 radical (unpaired) electrons. The molecule has 2 rings (SSSR count). The number of rotatable bonds is 9. The minimum atomic E-state index is -1.01. The highest BCUT2D eigenvalue weighted by molar-refractivity contribution is 6.45. The summed E-state index contributed by atoms with van der Waals surface area (Å²) in [5, 5.41) is 9.02. The lowest BCUT2D eigenvalue weighted by atomic mass is 9.77. The zero-order valence-electron chi connectivity index (χ0n) is 25.6. The second-order valence-electron chi connectivity index (χ2n) is 14.2. The van der Waals surface area contributed by atoms with Crippen LogP contribution in [-0.4, -0.2) is 59.5 Å². The average Bonchev–Trinajstić information content (AvgIpc) is 3.12. The summed E-state index contributed by atoms with van der Waals surface area (Å²) >= 11 is 0. The minimum Gasteiger partial charge on any atom is -0.444 e. The Hall–Kier alpha value is -1.81. The molecule has 3 atom stereocenters. The first kappa shape index (κ1) is 32.4. The summed E-state index contributed by atoms with van der Waals surface area (Å²) in [5.41, 5.74) is -2.78. The predicted octanol–water partition coefficient (Wildman–Crippen LogP) is 4.59. The molecule has 10 heteroatoms. The highest BCUT2D eigenvalue weighted by atomic mass is 16.7. The lowest BCUT2D eigenvalue weighted by molar-refractivity contribution is -0.135. The van der Waals surface area contributed by atoms with Crippen LogP contribution in [0.1, 0.15) is 108 Å². The van der Waals surface area contributed by atoms with Crippen LogP contribution in [0.2, 0.25) is 6.32 Å². The molecule has 1 aliphatic carbocycles. The Morgan fingerprint density at radius 2 is 1.55 bits per heavy atom. The summed E-state index contributed by atoms with van der Waals surface area (Å²) in [6.45, 7) is 21.4. The molecule has 3 N–H and O–H groups in total. The summed E-state index contributed by atoms with van der Waals surface area (Å²) in [6, 6.07) is 0. The molecule has 38 heavy (non-hydrogen) atoms. The molecular formula is C28H52BN3O6. The molecule has 2 fully saturated rings. The van der Waals surface area contributed by atoms with E-state index in [9.17, 15) is 14.4 Å². The first-order valence-corrected chi connectivity index (χ1v) is 14.1. The Morgan fingerprint density at radius 3 is 2.05 bits per heavy atom. The van der Waals surface area contributed by atoms with Crippen LogP contribution in [0, 0.1) is 11.8 Å². The molecule has 3 amide bonds. The van der Waals surface area contributed by atoms with Crippen molar-refractivity contribution in [3.63, 3.8) is 0 Å². The van der Waals surface area contributed by atoms with Crippen molar-refractivity contribution < 1.29 is 28.4 Å². The topological polar surface area (TPSA) is 115 Å². The van der Waals surface area contributed by atoms with E-state index in [0.717, 1.165) is 19.3 Å². The van der Waals surface area contributed by atoms with E-state index in [1.807, 2.05) is 69.2 Å². The van der Waals surface area contributed by atoms with Crippen LogP contribution in [-0.2, 0) is 23.6 Å². The van der Waals surface area contributed by atoms with E-state index >= 15 is 0 Å². The van der Waals surface area contributed by atoms with Gasteiger partial charge in [0.1, 0.15) is 11.1 Å². The standard InChI is InChI=1S/C28H52BN3O6/c1-19(33)31-28(22(34)32-24(2,3)4)18-20(14-16-30-23(35)36-25(5,6)7)17-21(28)13-12-15-29-37-26(8,9)27(10,11)38-29/h20-21H,12-18H2,1-11H3,(H,30,35)(H,31,33)(H,32,34)/t20-,21?,28-/m0/s1. The third-order valence-corrected chi connectivity index (χ3v) is 7.73. The lowest BCUT2D eigenvalue weighted by Crippen LogP contribution is -2.63. The number of carbonyl (C=O) groups excluding carboxylic acids is 3. The van der Waals surface area contributed by atoms with E-state index in [4.69, 9.17) is 14.0 Å². The molecule has 9 nitrogen and oxygen atoms in total. The molecule has 0 aromatic heterocycles. The SMILES string of the molecule is CC(=O)N[C@@]1(C(=O)NC(C)(C)C)C[C@@H](CCNC(=O)OC(C)(C)C)CC1CCCB1OC(C)(C)C(C)(C)O1. The Labute approximate surface area is 230 Å². The van der Waals surface area contributed by atoms with Crippen molar-refractivity contribution in [1.29, 1.82) is 0 Å². The van der Waals surface area contributed by atoms with E-state index in [0.29, 0.717) is 25.7 Å². The predicted molar refractivity (Wildman–Crippen MR) is 150 cm³/mol. The fourth-order valence-electron chi connectivity index (χ4n) is 5.45. The zero-order chi connectivity index (χ0) is 29.2.